The highest BCUT2D eigenvalue weighted by molar-refractivity contribution is 6.31. The number of aliphatic hydroxyl groups is 1. The van der Waals surface area contributed by atoms with E-state index >= 15 is 0 Å². The van der Waals surface area contributed by atoms with Crippen molar-refractivity contribution in [3.8, 4) is 11.5 Å². The van der Waals surface area contributed by atoms with Crippen molar-refractivity contribution in [2.75, 3.05) is 18.6 Å². The van der Waals surface area contributed by atoms with Gasteiger partial charge in [-0.15, -0.1) is 0 Å². The number of ether oxygens (including phenoxy) is 2. The molecule has 204 valence electrons. The second-order valence-corrected chi connectivity index (χ2v) is 9.52. The van der Waals surface area contributed by atoms with Crippen molar-refractivity contribution in [3.63, 3.8) is 0 Å². The minimum Gasteiger partial charge on any atom is -0.508 e. The number of carbonyl (C=O) groups excluding carboxylic acids is 3. The molecule has 40 heavy (non-hydrogen) atoms. The molecule has 0 saturated heterocycles. The molecule has 10 heteroatoms. The number of furan rings is 1. The topological polar surface area (TPSA) is 127 Å². The Balaban J connectivity index is 1.58. The zero-order valence-corrected chi connectivity index (χ0v) is 22.3. The number of aromatic hydroxyl groups is 1. The molecule has 1 amide bonds. The highest BCUT2D eigenvalue weighted by Crippen LogP contribution is 2.43. The Labute approximate surface area is 233 Å². The zero-order chi connectivity index (χ0) is 28.6. The number of methoxy groups -OCH3 is 1. The van der Waals surface area contributed by atoms with E-state index in [4.69, 9.17) is 25.5 Å². The Hall–Kier alpha value is -4.76. The van der Waals surface area contributed by atoms with Crippen LogP contribution < -0.4 is 9.64 Å². The second-order valence-electron chi connectivity index (χ2n) is 9.08. The first-order chi connectivity index (χ1) is 19.2. The molecule has 5 rings (SSSR count). The van der Waals surface area contributed by atoms with Gasteiger partial charge in [0.2, 0.25) is 5.78 Å². The molecule has 1 unspecified atom stereocenters. The molecule has 0 bridgehead atoms. The molecule has 1 aliphatic rings. The van der Waals surface area contributed by atoms with Gasteiger partial charge in [-0.1, -0.05) is 30.7 Å². The number of halogens is 1. The number of Topliss-reactive ketones (excluding diaryl/α,β-unsaturated/α-hetero) is 1. The number of phenolic OH excluding ortho intramolecular Hbond substituents is 1. The fraction of sp³-hybridized carbons (Fsp3) is 0.167. The average Bonchev–Trinajstić information content (AvgIpc) is 3.50. The van der Waals surface area contributed by atoms with Gasteiger partial charge in [0, 0.05) is 22.2 Å². The van der Waals surface area contributed by atoms with Crippen LogP contribution in [0, 0.1) is 0 Å². The number of fused-ring (bicyclic) bond motifs is 1. The number of anilines is 1. The van der Waals surface area contributed by atoms with E-state index in [0.29, 0.717) is 33.8 Å². The summed E-state index contributed by atoms with van der Waals surface area (Å²) in [6.45, 7) is 2.16. The monoisotopic (exact) mass is 561 g/mol. The van der Waals surface area contributed by atoms with Gasteiger partial charge in [-0.05, 0) is 60.5 Å². The van der Waals surface area contributed by atoms with Crippen molar-refractivity contribution in [2.24, 2.45) is 0 Å². The number of amides is 1. The number of nitrogens with zero attached hydrogens (tertiary/aromatic N) is 1. The van der Waals surface area contributed by atoms with E-state index in [0.717, 1.165) is 0 Å². The molecule has 1 aliphatic heterocycles. The van der Waals surface area contributed by atoms with Crippen molar-refractivity contribution < 1.29 is 38.5 Å². The highest BCUT2D eigenvalue weighted by atomic mass is 35.5. The maximum Gasteiger partial charge on any atom is 0.338 e. The number of esters is 1. The summed E-state index contributed by atoms with van der Waals surface area (Å²) in [6.07, 6.45) is 0.674. The number of rotatable bonds is 8. The first-order valence-corrected chi connectivity index (χ1v) is 12.8. The van der Waals surface area contributed by atoms with E-state index in [1.807, 2.05) is 6.92 Å². The van der Waals surface area contributed by atoms with Crippen LogP contribution in [-0.2, 0) is 9.53 Å². The zero-order valence-electron chi connectivity index (χ0n) is 21.5. The second kappa shape index (κ2) is 10.8. The van der Waals surface area contributed by atoms with E-state index in [1.54, 1.807) is 24.3 Å². The standard InChI is InChI=1S/C30H24ClNO8/c1-3-12-39-30(37)17-4-8-20(9-5-17)32-25(16-6-10-21(33)11-7-16)24(27(35)29(32)36)26(34)22-14-18-13-19(31)15-23(38-2)28(18)40-22/h4-11,13-15,25,33,35H,3,12H2,1-2H3. The van der Waals surface area contributed by atoms with Crippen LogP contribution in [-0.4, -0.2) is 41.6 Å². The minimum atomic E-state index is -1.07. The Morgan fingerprint density at radius 2 is 1.73 bits per heavy atom. The third kappa shape index (κ3) is 4.76. The molecule has 2 N–H and O–H groups in total. The number of phenols is 1. The van der Waals surface area contributed by atoms with E-state index in [1.165, 1.54) is 54.5 Å². The van der Waals surface area contributed by atoms with Crippen molar-refractivity contribution in [2.45, 2.75) is 19.4 Å². The molecule has 0 radical (unpaired) electrons. The molecular formula is C30H24ClNO8. The van der Waals surface area contributed by atoms with Crippen LogP contribution in [0.25, 0.3) is 11.0 Å². The van der Waals surface area contributed by atoms with Crippen LogP contribution in [0.15, 0.2) is 82.5 Å². The summed E-state index contributed by atoms with van der Waals surface area (Å²) in [5.41, 5.74) is 1.12. The number of aliphatic hydroxyl groups excluding tert-OH is 1. The Bertz CT molecular complexity index is 1650. The summed E-state index contributed by atoms with van der Waals surface area (Å²) in [6, 6.07) is 15.5. The number of benzene rings is 3. The van der Waals surface area contributed by atoms with E-state index in [-0.39, 0.29) is 34.8 Å². The Morgan fingerprint density at radius 3 is 2.38 bits per heavy atom. The quantitative estimate of drug-likeness (QED) is 0.194. The number of carbonyl (C=O) groups is 3. The van der Waals surface area contributed by atoms with Gasteiger partial charge in [0.05, 0.1) is 30.9 Å². The van der Waals surface area contributed by atoms with Crippen molar-refractivity contribution in [1.82, 2.24) is 0 Å². The molecule has 2 heterocycles. The molecule has 9 nitrogen and oxygen atoms in total. The van der Waals surface area contributed by atoms with Crippen LogP contribution in [0.3, 0.4) is 0 Å². The van der Waals surface area contributed by atoms with E-state index in [2.05, 4.69) is 0 Å². The van der Waals surface area contributed by atoms with Crippen molar-refractivity contribution in [1.29, 1.82) is 0 Å². The molecule has 0 fully saturated rings. The molecule has 0 spiro atoms. The van der Waals surface area contributed by atoms with E-state index < -0.39 is 29.5 Å². The van der Waals surface area contributed by atoms with Gasteiger partial charge in [0.25, 0.3) is 5.91 Å². The maximum absolute atomic E-state index is 13.9. The van der Waals surface area contributed by atoms with Crippen LogP contribution >= 0.6 is 11.6 Å². The first kappa shape index (κ1) is 26.8. The molecule has 0 saturated carbocycles. The third-order valence-corrected chi connectivity index (χ3v) is 6.69. The first-order valence-electron chi connectivity index (χ1n) is 12.4. The lowest BCUT2D eigenvalue weighted by Crippen LogP contribution is -2.31. The average molecular weight is 562 g/mol. The lowest BCUT2D eigenvalue weighted by Gasteiger charge is -2.27. The largest absolute Gasteiger partial charge is 0.508 e. The van der Waals surface area contributed by atoms with Gasteiger partial charge in [0.15, 0.2) is 22.9 Å². The Morgan fingerprint density at radius 1 is 1.02 bits per heavy atom. The van der Waals surface area contributed by atoms with Crippen molar-refractivity contribution in [3.05, 3.63) is 100.0 Å². The summed E-state index contributed by atoms with van der Waals surface area (Å²) < 4.78 is 16.3. The lowest BCUT2D eigenvalue weighted by atomic mass is 9.94. The predicted octanol–water partition coefficient (Wildman–Crippen LogP) is 6.15. The van der Waals surface area contributed by atoms with Crippen LogP contribution in [0.1, 0.15) is 45.9 Å². The third-order valence-electron chi connectivity index (χ3n) is 6.47. The summed E-state index contributed by atoms with van der Waals surface area (Å²) in [4.78, 5) is 40.8. The number of hydrogen-bond acceptors (Lipinski definition) is 8. The summed E-state index contributed by atoms with van der Waals surface area (Å²) in [7, 11) is 1.44. The smallest absolute Gasteiger partial charge is 0.338 e. The maximum atomic E-state index is 13.9. The lowest BCUT2D eigenvalue weighted by molar-refractivity contribution is -0.117. The van der Waals surface area contributed by atoms with Crippen molar-refractivity contribution >= 4 is 45.9 Å². The summed E-state index contributed by atoms with van der Waals surface area (Å²) in [5, 5.41) is 21.7. The highest BCUT2D eigenvalue weighted by Gasteiger charge is 2.45. The van der Waals surface area contributed by atoms with Gasteiger partial charge in [-0.25, -0.2) is 4.79 Å². The molecule has 1 atom stereocenters. The fourth-order valence-corrected chi connectivity index (χ4v) is 4.81. The number of ketones is 1. The van der Waals surface area contributed by atoms with Crippen LogP contribution in [0.4, 0.5) is 5.69 Å². The molecule has 1 aromatic heterocycles. The van der Waals surface area contributed by atoms with Gasteiger partial charge in [-0.3, -0.25) is 14.5 Å². The summed E-state index contributed by atoms with van der Waals surface area (Å²) in [5.74, 6) is -2.63. The van der Waals surface area contributed by atoms with Gasteiger partial charge < -0.3 is 24.1 Å². The predicted molar refractivity (Wildman–Crippen MR) is 147 cm³/mol. The van der Waals surface area contributed by atoms with Crippen LogP contribution in [0.5, 0.6) is 11.5 Å². The summed E-state index contributed by atoms with van der Waals surface area (Å²) >= 11 is 6.16. The van der Waals surface area contributed by atoms with Gasteiger partial charge in [-0.2, -0.15) is 0 Å². The number of hydrogen-bond donors (Lipinski definition) is 2. The normalized spacial score (nSPS) is 15.1. The minimum absolute atomic E-state index is 0.0168. The SMILES string of the molecule is CCCOC(=O)c1ccc(N2C(=O)C(O)=C(C(=O)c3cc4cc(Cl)cc(OC)c4o3)C2c2ccc(O)cc2)cc1. The molecule has 3 aromatic carbocycles. The fourth-order valence-electron chi connectivity index (χ4n) is 4.59. The van der Waals surface area contributed by atoms with Crippen LogP contribution in [0.2, 0.25) is 5.02 Å². The van der Waals surface area contributed by atoms with Gasteiger partial charge in [0.1, 0.15) is 5.75 Å². The van der Waals surface area contributed by atoms with E-state index in [9.17, 15) is 24.6 Å². The molecule has 0 aliphatic carbocycles. The molecular weight excluding hydrogens is 538 g/mol. The molecule has 4 aromatic rings. The Kier molecular flexibility index (Phi) is 7.23. The van der Waals surface area contributed by atoms with Gasteiger partial charge >= 0.3 is 5.97 Å².